The molecule has 3 aromatic carbocycles. The molecule has 7 heteroatoms. The molecule has 0 bridgehead atoms. The van der Waals surface area contributed by atoms with Gasteiger partial charge in [-0.15, -0.1) is 0 Å². The summed E-state index contributed by atoms with van der Waals surface area (Å²) in [5.74, 6) is 0.0755. The maximum atomic E-state index is 12.6. The Labute approximate surface area is 179 Å². The summed E-state index contributed by atoms with van der Waals surface area (Å²) in [4.78, 5) is 29.6. The first kappa shape index (κ1) is 21.3. The van der Waals surface area contributed by atoms with E-state index in [9.17, 15) is 14.9 Å². The van der Waals surface area contributed by atoms with Crippen LogP contribution in [-0.2, 0) is 6.54 Å². The summed E-state index contributed by atoms with van der Waals surface area (Å²) in [5, 5.41) is 11.5. The number of aliphatic imine (C=N–C) groups is 1. The van der Waals surface area contributed by atoms with Crippen molar-refractivity contribution in [3.63, 3.8) is 0 Å². The molecular weight excluding hydrogens is 398 g/mol. The van der Waals surface area contributed by atoms with E-state index in [-0.39, 0.29) is 17.2 Å². The lowest BCUT2D eigenvalue weighted by Gasteiger charge is -2.21. The average Bonchev–Trinajstić information content (AvgIpc) is 2.77. The molecule has 0 fully saturated rings. The molecule has 6 nitrogen and oxygen atoms in total. The topological polar surface area (TPSA) is 75.8 Å². The molecule has 0 N–H and O–H groups in total. The second kappa shape index (κ2) is 10.4. The summed E-state index contributed by atoms with van der Waals surface area (Å²) in [6.45, 7) is 0.658. The molecular formula is C23H21N3O3S. The first-order valence-corrected chi connectivity index (χ1v) is 10.3. The zero-order chi connectivity index (χ0) is 21.3. The molecule has 3 aromatic rings. The van der Waals surface area contributed by atoms with Gasteiger partial charge in [-0.2, -0.15) is 0 Å². The number of nitro groups is 1. The third-order valence-corrected chi connectivity index (χ3v) is 5.37. The van der Waals surface area contributed by atoms with E-state index < -0.39 is 4.92 Å². The highest BCUT2D eigenvalue weighted by molar-refractivity contribution is 8.14. The van der Waals surface area contributed by atoms with E-state index in [2.05, 4.69) is 0 Å². The second-order valence-electron chi connectivity index (χ2n) is 6.59. The van der Waals surface area contributed by atoms with Gasteiger partial charge in [0, 0.05) is 31.3 Å². The predicted octanol–water partition coefficient (Wildman–Crippen LogP) is 5.33. The normalized spacial score (nSPS) is 11.2. The standard InChI is InChI=1S/C23H21N3O3S/c1-25(16-18-8-4-2-5-9-18)23(24-20-10-6-3-7-11-20)30-17-22(27)19-12-14-21(15-13-19)26(28)29/h2-15H,16-17H2,1H3. The summed E-state index contributed by atoms with van der Waals surface area (Å²) < 4.78 is 0. The van der Waals surface area contributed by atoms with Gasteiger partial charge in [0.05, 0.1) is 16.4 Å². The zero-order valence-electron chi connectivity index (χ0n) is 16.5. The number of rotatable bonds is 7. The Bertz CT molecular complexity index is 1020. The van der Waals surface area contributed by atoms with E-state index in [1.54, 1.807) is 0 Å². The summed E-state index contributed by atoms with van der Waals surface area (Å²) >= 11 is 1.35. The van der Waals surface area contributed by atoms with Gasteiger partial charge in [0.1, 0.15) is 0 Å². The van der Waals surface area contributed by atoms with Crippen molar-refractivity contribution in [1.82, 2.24) is 4.90 Å². The van der Waals surface area contributed by atoms with Crippen molar-refractivity contribution >= 4 is 34.1 Å². The van der Waals surface area contributed by atoms with E-state index >= 15 is 0 Å². The van der Waals surface area contributed by atoms with Crippen LogP contribution in [0, 0.1) is 10.1 Å². The van der Waals surface area contributed by atoms with Crippen LogP contribution in [0.25, 0.3) is 0 Å². The third-order valence-electron chi connectivity index (χ3n) is 4.30. The van der Waals surface area contributed by atoms with Crippen LogP contribution in [0.4, 0.5) is 11.4 Å². The zero-order valence-corrected chi connectivity index (χ0v) is 17.3. The number of hydrogen-bond acceptors (Lipinski definition) is 5. The summed E-state index contributed by atoms with van der Waals surface area (Å²) in [5.41, 5.74) is 2.36. The van der Waals surface area contributed by atoms with Crippen molar-refractivity contribution in [1.29, 1.82) is 0 Å². The van der Waals surface area contributed by atoms with Gasteiger partial charge in [0.15, 0.2) is 11.0 Å². The van der Waals surface area contributed by atoms with E-state index in [1.807, 2.05) is 72.6 Å². The molecule has 3 rings (SSSR count). The number of thioether (sulfide) groups is 1. The van der Waals surface area contributed by atoms with Crippen molar-refractivity contribution in [2.75, 3.05) is 12.8 Å². The largest absolute Gasteiger partial charge is 0.350 e. The number of hydrogen-bond donors (Lipinski definition) is 0. The molecule has 0 radical (unpaired) electrons. The van der Waals surface area contributed by atoms with Crippen LogP contribution in [0.2, 0.25) is 0 Å². The number of ketones is 1. The Morgan fingerprint density at radius 1 is 0.967 bits per heavy atom. The van der Waals surface area contributed by atoms with Crippen molar-refractivity contribution in [3.05, 3.63) is 106 Å². The second-order valence-corrected chi connectivity index (χ2v) is 7.53. The Hall–Kier alpha value is -3.45. The fourth-order valence-corrected chi connectivity index (χ4v) is 3.63. The summed E-state index contributed by atoms with van der Waals surface area (Å²) in [7, 11) is 1.94. The van der Waals surface area contributed by atoms with Crippen molar-refractivity contribution in [2.24, 2.45) is 4.99 Å². The molecule has 0 spiro atoms. The number of carbonyl (C=O) groups is 1. The highest BCUT2D eigenvalue weighted by Crippen LogP contribution is 2.20. The molecule has 0 saturated carbocycles. The van der Waals surface area contributed by atoms with Gasteiger partial charge >= 0.3 is 0 Å². The van der Waals surface area contributed by atoms with Gasteiger partial charge in [-0.05, 0) is 29.8 Å². The fourth-order valence-electron chi connectivity index (χ4n) is 2.75. The average molecular weight is 420 g/mol. The maximum Gasteiger partial charge on any atom is 0.269 e. The van der Waals surface area contributed by atoms with Gasteiger partial charge in [-0.3, -0.25) is 14.9 Å². The molecule has 0 aliphatic carbocycles. The number of carbonyl (C=O) groups excluding carboxylic acids is 1. The van der Waals surface area contributed by atoms with E-state index in [4.69, 9.17) is 4.99 Å². The minimum absolute atomic E-state index is 0.0341. The first-order valence-electron chi connectivity index (χ1n) is 9.32. The third kappa shape index (κ3) is 6.02. The lowest BCUT2D eigenvalue weighted by atomic mass is 10.1. The SMILES string of the molecule is CN(Cc1ccccc1)C(=Nc1ccccc1)SCC(=O)c1ccc([N+](=O)[O-])cc1. The van der Waals surface area contributed by atoms with Crippen LogP contribution in [0.15, 0.2) is 89.9 Å². The maximum absolute atomic E-state index is 12.6. The number of nitrogens with zero attached hydrogens (tertiary/aromatic N) is 3. The quantitative estimate of drug-likeness (QED) is 0.170. The van der Waals surface area contributed by atoms with E-state index in [0.29, 0.717) is 12.1 Å². The van der Waals surface area contributed by atoms with Gasteiger partial charge in [-0.25, -0.2) is 4.99 Å². The number of para-hydroxylation sites is 1. The van der Waals surface area contributed by atoms with Crippen LogP contribution in [0.5, 0.6) is 0 Å². The Kier molecular flexibility index (Phi) is 7.34. The predicted molar refractivity (Wildman–Crippen MR) is 121 cm³/mol. The lowest BCUT2D eigenvalue weighted by Crippen LogP contribution is -2.24. The number of non-ortho nitro benzene ring substituents is 1. The minimum atomic E-state index is -0.480. The molecule has 0 unspecified atom stereocenters. The van der Waals surface area contributed by atoms with Crippen LogP contribution in [0.3, 0.4) is 0 Å². The molecule has 0 atom stereocenters. The molecule has 0 amide bonds. The highest BCUT2D eigenvalue weighted by atomic mass is 32.2. The van der Waals surface area contributed by atoms with Gasteiger partial charge < -0.3 is 4.90 Å². The van der Waals surface area contributed by atoms with E-state index in [1.165, 1.54) is 36.0 Å². The van der Waals surface area contributed by atoms with E-state index in [0.717, 1.165) is 16.4 Å². The van der Waals surface area contributed by atoms with Crippen molar-refractivity contribution < 1.29 is 9.72 Å². The number of amidine groups is 1. The highest BCUT2D eigenvalue weighted by Gasteiger charge is 2.14. The summed E-state index contributed by atoms with van der Waals surface area (Å²) in [6, 6.07) is 25.3. The van der Waals surface area contributed by atoms with Gasteiger partial charge in [-0.1, -0.05) is 60.3 Å². The first-order chi connectivity index (χ1) is 14.5. The van der Waals surface area contributed by atoms with Crippen molar-refractivity contribution in [3.8, 4) is 0 Å². The van der Waals surface area contributed by atoms with Gasteiger partial charge in [0.2, 0.25) is 0 Å². The molecule has 0 saturated heterocycles. The van der Waals surface area contributed by atoms with Crippen LogP contribution in [-0.4, -0.2) is 33.6 Å². The number of benzene rings is 3. The van der Waals surface area contributed by atoms with Crippen molar-refractivity contribution in [2.45, 2.75) is 6.54 Å². The smallest absolute Gasteiger partial charge is 0.269 e. The molecule has 0 aromatic heterocycles. The Morgan fingerprint density at radius 3 is 2.17 bits per heavy atom. The van der Waals surface area contributed by atoms with Crippen LogP contribution < -0.4 is 0 Å². The number of Topliss-reactive ketones (excluding diaryl/α,β-unsaturated/α-hetero) is 1. The lowest BCUT2D eigenvalue weighted by molar-refractivity contribution is -0.384. The number of nitro benzene ring substituents is 1. The van der Waals surface area contributed by atoms with Gasteiger partial charge in [0.25, 0.3) is 5.69 Å². The minimum Gasteiger partial charge on any atom is -0.350 e. The molecule has 152 valence electrons. The molecule has 0 aliphatic heterocycles. The van der Waals surface area contributed by atoms with Crippen LogP contribution >= 0.6 is 11.8 Å². The molecule has 30 heavy (non-hydrogen) atoms. The fraction of sp³-hybridized carbons (Fsp3) is 0.130. The monoisotopic (exact) mass is 419 g/mol. The summed E-state index contributed by atoms with van der Waals surface area (Å²) in [6.07, 6.45) is 0. The molecule has 0 aliphatic rings. The molecule has 0 heterocycles. The Morgan fingerprint density at radius 2 is 1.57 bits per heavy atom. The van der Waals surface area contributed by atoms with Crippen LogP contribution in [0.1, 0.15) is 15.9 Å². The Balaban J connectivity index is 1.74.